The summed E-state index contributed by atoms with van der Waals surface area (Å²) in [4.78, 5) is 0. The van der Waals surface area contributed by atoms with Crippen molar-refractivity contribution in [2.24, 2.45) is 0 Å². The van der Waals surface area contributed by atoms with Crippen molar-refractivity contribution < 1.29 is 14.2 Å². The largest absolute Gasteiger partial charge is 0.494 e. The number of nitrogens with one attached hydrogen (secondary N) is 1. The van der Waals surface area contributed by atoms with Gasteiger partial charge in [-0.1, -0.05) is 30.3 Å². The lowest BCUT2D eigenvalue weighted by atomic mass is 10.2. The van der Waals surface area contributed by atoms with Gasteiger partial charge in [-0.2, -0.15) is 0 Å². The molecule has 4 heteroatoms. The van der Waals surface area contributed by atoms with Crippen LogP contribution in [0.25, 0.3) is 0 Å². The highest BCUT2D eigenvalue weighted by Gasteiger charge is 1.99. The molecule has 0 aliphatic heterocycles. The monoisotopic (exact) mass is 363 g/mol. The Bertz CT molecular complexity index is 786. The molecular formula is C23H25NO3. The topological polar surface area (TPSA) is 39.7 Å². The SMILES string of the molecule is CCOc1ccc(CNc2ccc(OCCOc3ccccc3)cc2)cc1. The highest BCUT2D eigenvalue weighted by atomic mass is 16.5. The summed E-state index contributed by atoms with van der Waals surface area (Å²) in [6.45, 7) is 4.46. The lowest BCUT2D eigenvalue weighted by Crippen LogP contribution is -2.08. The molecule has 0 unspecified atom stereocenters. The van der Waals surface area contributed by atoms with Crippen LogP contribution in [0.4, 0.5) is 5.69 Å². The fourth-order valence-corrected chi connectivity index (χ4v) is 2.58. The van der Waals surface area contributed by atoms with Crippen molar-refractivity contribution in [1.82, 2.24) is 0 Å². The molecule has 27 heavy (non-hydrogen) atoms. The van der Waals surface area contributed by atoms with Gasteiger partial charge in [-0.3, -0.25) is 0 Å². The maximum atomic E-state index is 5.71. The summed E-state index contributed by atoms with van der Waals surface area (Å²) >= 11 is 0. The van der Waals surface area contributed by atoms with E-state index in [0.717, 1.165) is 29.5 Å². The van der Waals surface area contributed by atoms with Gasteiger partial charge in [0.05, 0.1) is 6.61 Å². The maximum absolute atomic E-state index is 5.71. The van der Waals surface area contributed by atoms with Crippen LogP contribution in [-0.2, 0) is 6.54 Å². The number of benzene rings is 3. The van der Waals surface area contributed by atoms with E-state index in [1.165, 1.54) is 5.56 Å². The number of hydrogen-bond donors (Lipinski definition) is 1. The second kappa shape index (κ2) is 10.1. The van der Waals surface area contributed by atoms with E-state index in [2.05, 4.69) is 17.4 Å². The Hall–Kier alpha value is -3.14. The van der Waals surface area contributed by atoms with E-state index in [-0.39, 0.29) is 0 Å². The Morgan fingerprint density at radius 3 is 1.81 bits per heavy atom. The first-order chi connectivity index (χ1) is 13.3. The van der Waals surface area contributed by atoms with Crippen molar-refractivity contribution >= 4 is 5.69 Å². The van der Waals surface area contributed by atoms with Crippen LogP contribution in [0, 0.1) is 0 Å². The van der Waals surface area contributed by atoms with Crippen LogP contribution in [0.5, 0.6) is 17.2 Å². The van der Waals surface area contributed by atoms with E-state index < -0.39 is 0 Å². The molecular weight excluding hydrogens is 338 g/mol. The summed E-state index contributed by atoms with van der Waals surface area (Å²) < 4.78 is 16.8. The van der Waals surface area contributed by atoms with Crippen molar-refractivity contribution in [3.05, 3.63) is 84.4 Å². The van der Waals surface area contributed by atoms with E-state index >= 15 is 0 Å². The Morgan fingerprint density at radius 2 is 1.19 bits per heavy atom. The van der Waals surface area contributed by atoms with Crippen LogP contribution in [-0.4, -0.2) is 19.8 Å². The number of hydrogen-bond acceptors (Lipinski definition) is 4. The number of anilines is 1. The van der Waals surface area contributed by atoms with Gasteiger partial charge in [-0.25, -0.2) is 0 Å². The van der Waals surface area contributed by atoms with Crippen LogP contribution < -0.4 is 19.5 Å². The van der Waals surface area contributed by atoms with Crippen molar-refractivity contribution in [2.45, 2.75) is 13.5 Å². The van der Waals surface area contributed by atoms with Gasteiger partial charge in [-0.15, -0.1) is 0 Å². The van der Waals surface area contributed by atoms with Gasteiger partial charge in [0, 0.05) is 12.2 Å². The third-order valence-electron chi connectivity index (χ3n) is 3.95. The molecule has 3 aromatic rings. The number of rotatable bonds is 10. The van der Waals surface area contributed by atoms with E-state index in [9.17, 15) is 0 Å². The third kappa shape index (κ3) is 6.26. The fourth-order valence-electron chi connectivity index (χ4n) is 2.58. The molecule has 0 aliphatic carbocycles. The minimum Gasteiger partial charge on any atom is -0.494 e. The standard InChI is InChI=1S/C23H25NO3/c1-2-25-22-12-8-19(9-13-22)18-24-20-10-14-23(15-11-20)27-17-16-26-21-6-4-3-5-7-21/h3-15,24H,2,16-18H2,1H3. The molecule has 0 atom stereocenters. The summed E-state index contributed by atoms with van der Waals surface area (Å²) in [6.07, 6.45) is 0. The van der Waals surface area contributed by atoms with Gasteiger partial charge in [0.25, 0.3) is 0 Å². The summed E-state index contributed by atoms with van der Waals surface area (Å²) in [7, 11) is 0. The highest BCUT2D eigenvalue weighted by Crippen LogP contribution is 2.18. The molecule has 0 fully saturated rings. The molecule has 0 bridgehead atoms. The van der Waals surface area contributed by atoms with E-state index in [1.54, 1.807) is 0 Å². The molecule has 4 nitrogen and oxygen atoms in total. The molecule has 0 radical (unpaired) electrons. The second-order valence-corrected chi connectivity index (χ2v) is 5.96. The quantitative estimate of drug-likeness (QED) is 0.505. The normalized spacial score (nSPS) is 10.3. The minimum atomic E-state index is 0.508. The van der Waals surface area contributed by atoms with Crippen LogP contribution in [0.1, 0.15) is 12.5 Å². The zero-order valence-corrected chi connectivity index (χ0v) is 15.6. The van der Waals surface area contributed by atoms with Crippen LogP contribution in [0.3, 0.4) is 0 Å². The summed E-state index contributed by atoms with van der Waals surface area (Å²) in [5.41, 5.74) is 2.26. The molecule has 140 valence electrons. The molecule has 1 N–H and O–H groups in total. The average Bonchev–Trinajstić information content (AvgIpc) is 2.73. The molecule has 3 aromatic carbocycles. The van der Waals surface area contributed by atoms with Crippen LogP contribution in [0.2, 0.25) is 0 Å². The number of ether oxygens (including phenoxy) is 3. The molecule has 3 rings (SSSR count). The predicted molar refractivity (Wildman–Crippen MR) is 109 cm³/mol. The molecule has 0 aromatic heterocycles. The summed E-state index contributed by atoms with van der Waals surface area (Å²) in [6, 6.07) is 25.8. The molecule has 0 aliphatic rings. The lowest BCUT2D eigenvalue weighted by Gasteiger charge is -2.10. The molecule has 0 spiro atoms. The van der Waals surface area contributed by atoms with Gasteiger partial charge in [-0.05, 0) is 61.0 Å². The number of para-hydroxylation sites is 1. The van der Waals surface area contributed by atoms with Gasteiger partial charge < -0.3 is 19.5 Å². The average molecular weight is 363 g/mol. The lowest BCUT2D eigenvalue weighted by molar-refractivity contribution is 0.217. The van der Waals surface area contributed by atoms with Gasteiger partial charge in [0.1, 0.15) is 30.5 Å². The molecule has 0 amide bonds. The first-order valence-corrected chi connectivity index (χ1v) is 9.20. The van der Waals surface area contributed by atoms with Crippen LogP contribution in [0.15, 0.2) is 78.9 Å². The Morgan fingerprint density at radius 1 is 0.630 bits per heavy atom. The Labute approximate surface area is 160 Å². The van der Waals surface area contributed by atoms with Gasteiger partial charge in [0.15, 0.2) is 0 Å². The Kier molecular flexibility index (Phi) is 6.99. The van der Waals surface area contributed by atoms with Crippen molar-refractivity contribution in [2.75, 3.05) is 25.1 Å². The van der Waals surface area contributed by atoms with Crippen molar-refractivity contribution in [3.8, 4) is 17.2 Å². The van der Waals surface area contributed by atoms with Gasteiger partial charge in [0.2, 0.25) is 0 Å². The first-order valence-electron chi connectivity index (χ1n) is 9.20. The van der Waals surface area contributed by atoms with Crippen molar-refractivity contribution in [1.29, 1.82) is 0 Å². The molecule has 0 heterocycles. The van der Waals surface area contributed by atoms with Gasteiger partial charge >= 0.3 is 0 Å². The van der Waals surface area contributed by atoms with Crippen molar-refractivity contribution in [3.63, 3.8) is 0 Å². The Balaban J connectivity index is 1.39. The summed E-state index contributed by atoms with van der Waals surface area (Å²) in [5.74, 6) is 2.59. The molecule has 0 saturated carbocycles. The molecule has 0 saturated heterocycles. The first kappa shape index (κ1) is 18.6. The zero-order chi connectivity index (χ0) is 18.7. The smallest absolute Gasteiger partial charge is 0.122 e. The van der Waals surface area contributed by atoms with E-state index in [1.807, 2.05) is 73.7 Å². The minimum absolute atomic E-state index is 0.508. The maximum Gasteiger partial charge on any atom is 0.122 e. The van der Waals surface area contributed by atoms with E-state index in [0.29, 0.717) is 19.8 Å². The predicted octanol–water partition coefficient (Wildman–Crippen LogP) is 5.16. The van der Waals surface area contributed by atoms with E-state index in [4.69, 9.17) is 14.2 Å². The van der Waals surface area contributed by atoms with Crippen LogP contribution >= 0.6 is 0 Å². The fraction of sp³-hybridized carbons (Fsp3) is 0.217. The third-order valence-corrected chi connectivity index (χ3v) is 3.95. The highest BCUT2D eigenvalue weighted by molar-refractivity contribution is 5.47. The summed E-state index contributed by atoms with van der Waals surface area (Å²) in [5, 5.41) is 3.41. The second-order valence-electron chi connectivity index (χ2n) is 5.96. The zero-order valence-electron chi connectivity index (χ0n) is 15.6.